The number of fused-ring (bicyclic) bond motifs is 5. The van der Waals surface area contributed by atoms with Crippen LogP contribution >= 0.6 is 0 Å². The summed E-state index contributed by atoms with van der Waals surface area (Å²) in [6.45, 7) is 4.17. The zero-order valence-electron chi connectivity index (χ0n) is 20.3. The largest absolute Gasteiger partial charge is 0.477 e. The molecular formula is C30H27NO4. The van der Waals surface area contributed by atoms with Gasteiger partial charge in [0.25, 0.3) is 0 Å². The number of ether oxygens (including phenoxy) is 2. The second-order valence-corrected chi connectivity index (χ2v) is 10.2. The molecule has 1 atom stereocenters. The summed E-state index contributed by atoms with van der Waals surface area (Å²) in [5.41, 5.74) is 2.37. The van der Waals surface area contributed by atoms with Crippen molar-refractivity contribution in [3.8, 4) is 11.5 Å². The van der Waals surface area contributed by atoms with Gasteiger partial charge in [0.2, 0.25) is 0 Å². The Morgan fingerprint density at radius 3 is 2.43 bits per heavy atom. The zero-order chi connectivity index (χ0) is 24.4. The van der Waals surface area contributed by atoms with E-state index in [2.05, 4.69) is 43.0 Å². The van der Waals surface area contributed by atoms with Gasteiger partial charge in [0.1, 0.15) is 22.8 Å². The van der Waals surface area contributed by atoms with Gasteiger partial charge < -0.3 is 18.8 Å². The van der Waals surface area contributed by atoms with E-state index in [9.17, 15) is 4.79 Å². The summed E-state index contributed by atoms with van der Waals surface area (Å²) in [4.78, 5) is 15.2. The summed E-state index contributed by atoms with van der Waals surface area (Å²) in [6, 6.07) is 23.8. The Morgan fingerprint density at radius 2 is 1.66 bits per heavy atom. The molecule has 0 radical (unpaired) electrons. The average molecular weight is 466 g/mol. The molecule has 0 fully saturated rings. The van der Waals surface area contributed by atoms with Crippen LogP contribution in [0.1, 0.15) is 37.0 Å². The first-order valence-electron chi connectivity index (χ1n) is 11.8. The van der Waals surface area contributed by atoms with Gasteiger partial charge in [0, 0.05) is 54.9 Å². The smallest absolute Gasteiger partial charge is 0.343 e. The van der Waals surface area contributed by atoms with Gasteiger partial charge in [-0.05, 0) is 24.3 Å². The van der Waals surface area contributed by atoms with Gasteiger partial charge in [-0.2, -0.15) is 0 Å². The van der Waals surface area contributed by atoms with E-state index in [-0.39, 0.29) is 5.63 Å². The SMILES string of the molecule is CN(C)c1ccc2c(c1)OC(c1ccccc1)=C[C@]21CC(C)(C)c2c(c3ccccc3oc2=O)O1. The molecule has 0 bridgehead atoms. The first-order chi connectivity index (χ1) is 16.8. The number of anilines is 1. The molecule has 0 saturated heterocycles. The van der Waals surface area contributed by atoms with Crippen LogP contribution in [0.4, 0.5) is 5.69 Å². The van der Waals surface area contributed by atoms with Crippen LogP contribution in [0.3, 0.4) is 0 Å². The molecule has 0 N–H and O–H groups in total. The van der Waals surface area contributed by atoms with Crippen LogP contribution in [0.15, 0.2) is 88.1 Å². The highest BCUT2D eigenvalue weighted by Gasteiger charge is 2.50. The van der Waals surface area contributed by atoms with Gasteiger partial charge in [0.15, 0.2) is 5.60 Å². The molecule has 6 rings (SSSR count). The van der Waals surface area contributed by atoms with Crippen LogP contribution in [0.25, 0.3) is 16.7 Å². The van der Waals surface area contributed by atoms with Crippen LogP contribution in [0, 0.1) is 0 Å². The van der Waals surface area contributed by atoms with Crippen molar-refractivity contribution in [2.24, 2.45) is 0 Å². The topological polar surface area (TPSA) is 51.9 Å². The summed E-state index contributed by atoms with van der Waals surface area (Å²) >= 11 is 0. The Kier molecular flexibility index (Phi) is 4.62. The minimum atomic E-state index is -0.823. The van der Waals surface area contributed by atoms with Crippen molar-refractivity contribution in [3.05, 3.63) is 106 Å². The first-order valence-corrected chi connectivity index (χ1v) is 11.8. The molecule has 5 heteroatoms. The van der Waals surface area contributed by atoms with Crippen LogP contribution in [-0.2, 0) is 11.0 Å². The van der Waals surface area contributed by atoms with Gasteiger partial charge in [-0.15, -0.1) is 0 Å². The predicted molar refractivity (Wildman–Crippen MR) is 138 cm³/mol. The van der Waals surface area contributed by atoms with Crippen molar-refractivity contribution < 1.29 is 13.9 Å². The molecule has 3 heterocycles. The van der Waals surface area contributed by atoms with E-state index >= 15 is 0 Å². The van der Waals surface area contributed by atoms with Crippen molar-refractivity contribution in [2.45, 2.75) is 31.3 Å². The number of hydrogen-bond acceptors (Lipinski definition) is 5. The van der Waals surface area contributed by atoms with Crippen molar-refractivity contribution in [1.82, 2.24) is 0 Å². The zero-order valence-corrected chi connectivity index (χ0v) is 20.3. The van der Waals surface area contributed by atoms with Gasteiger partial charge in [-0.1, -0.05) is 56.3 Å². The van der Waals surface area contributed by atoms with E-state index in [1.54, 1.807) is 6.07 Å². The Hall–Kier alpha value is -3.99. The fourth-order valence-corrected chi connectivity index (χ4v) is 5.41. The molecule has 176 valence electrons. The lowest BCUT2D eigenvalue weighted by molar-refractivity contribution is 0.0541. The van der Waals surface area contributed by atoms with E-state index in [4.69, 9.17) is 13.9 Å². The van der Waals surface area contributed by atoms with Gasteiger partial charge in [-0.25, -0.2) is 4.79 Å². The highest BCUT2D eigenvalue weighted by Crippen LogP contribution is 2.55. The van der Waals surface area contributed by atoms with Crippen molar-refractivity contribution >= 4 is 22.4 Å². The Bertz CT molecular complexity index is 1550. The number of hydrogen-bond donors (Lipinski definition) is 0. The quantitative estimate of drug-likeness (QED) is 0.328. The molecule has 0 saturated carbocycles. The van der Waals surface area contributed by atoms with Crippen LogP contribution < -0.4 is 20.0 Å². The normalized spacial score (nSPS) is 19.8. The standard InChI is InChI=1S/C30H27NO4/c1-29(2)18-30(35-27-21-12-8-9-13-23(21)34-28(32)26(27)29)17-25(19-10-6-5-7-11-19)33-24-16-20(31(3)4)14-15-22(24)30/h5-17H,18H2,1-4H3/t30-/m0/s1. The molecule has 3 aromatic carbocycles. The Balaban J connectivity index is 1.64. The molecule has 1 aromatic heterocycles. The minimum absolute atomic E-state index is 0.346. The summed E-state index contributed by atoms with van der Waals surface area (Å²) in [5, 5.41) is 0.793. The van der Waals surface area contributed by atoms with Crippen LogP contribution in [-0.4, -0.2) is 14.1 Å². The van der Waals surface area contributed by atoms with Crippen molar-refractivity contribution in [1.29, 1.82) is 0 Å². The average Bonchev–Trinajstić information content (AvgIpc) is 2.83. The van der Waals surface area contributed by atoms with Gasteiger partial charge in [0.05, 0.1) is 10.9 Å². The lowest BCUT2D eigenvalue weighted by atomic mass is 9.69. The fraction of sp³-hybridized carbons (Fsp3) is 0.233. The van der Waals surface area contributed by atoms with Crippen LogP contribution in [0.2, 0.25) is 0 Å². The Morgan fingerprint density at radius 1 is 0.914 bits per heavy atom. The second kappa shape index (κ2) is 7.51. The summed E-state index contributed by atoms with van der Waals surface area (Å²) in [6.07, 6.45) is 2.64. The summed E-state index contributed by atoms with van der Waals surface area (Å²) < 4.78 is 19.1. The van der Waals surface area contributed by atoms with E-state index in [1.165, 1.54) is 0 Å². The highest BCUT2D eigenvalue weighted by atomic mass is 16.5. The molecule has 35 heavy (non-hydrogen) atoms. The Labute approximate surface area is 204 Å². The van der Waals surface area contributed by atoms with E-state index in [0.717, 1.165) is 33.7 Å². The monoisotopic (exact) mass is 465 g/mol. The minimum Gasteiger partial charge on any atom is -0.477 e. The number of benzene rings is 3. The molecule has 0 aliphatic carbocycles. The highest BCUT2D eigenvalue weighted by molar-refractivity contribution is 5.85. The molecular weight excluding hydrogens is 438 g/mol. The van der Waals surface area contributed by atoms with Gasteiger partial charge >= 0.3 is 5.63 Å². The third-order valence-corrected chi connectivity index (χ3v) is 7.01. The van der Waals surface area contributed by atoms with Crippen molar-refractivity contribution in [3.63, 3.8) is 0 Å². The van der Waals surface area contributed by atoms with E-state index in [0.29, 0.717) is 23.3 Å². The molecule has 2 aliphatic rings. The molecule has 2 aliphatic heterocycles. The second-order valence-electron chi connectivity index (χ2n) is 10.2. The lowest BCUT2D eigenvalue weighted by Crippen LogP contribution is -2.46. The molecule has 4 aromatic rings. The number of nitrogens with zero attached hydrogens (tertiary/aromatic N) is 1. The maximum Gasteiger partial charge on any atom is 0.343 e. The van der Waals surface area contributed by atoms with Crippen LogP contribution in [0.5, 0.6) is 11.5 Å². The lowest BCUT2D eigenvalue weighted by Gasteiger charge is -2.46. The molecule has 5 nitrogen and oxygen atoms in total. The van der Waals surface area contributed by atoms with E-state index < -0.39 is 11.0 Å². The number of para-hydroxylation sites is 1. The van der Waals surface area contributed by atoms with E-state index in [1.807, 2.05) is 62.6 Å². The maximum atomic E-state index is 13.1. The fourth-order valence-electron chi connectivity index (χ4n) is 5.41. The molecule has 0 unspecified atom stereocenters. The number of rotatable bonds is 2. The summed E-state index contributed by atoms with van der Waals surface area (Å²) in [7, 11) is 4.02. The summed E-state index contributed by atoms with van der Waals surface area (Å²) in [5.74, 6) is 2.07. The maximum absolute atomic E-state index is 13.1. The first kappa shape index (κ1) is 21.5. The molecule has 0 amide bonds. The molecule has 1 spiro atoms. The predicted octanol–water partition coefficient (Wildman–Crippen LogP) is 6.25. The third-order valence-electron chi connectivity index (χ3n) is 7.01. The van der Waals surface area contributed by atoms with Crippen molar-refractivity contribution in [2.75, 3.05) is 19.0 Å². The van der Waals surface area contributed by atoms with Gasteiger partial charge in [-0.3, -0.25) is 0 Å². The third kappa shape index (κ3) is 3.34.